The Morgan fingerprint density at radius 2 is 2.12 bits per heavy atom. The summed E-state index contributed by atoms with van der Waals surface area (Å²) in [6.07, 6.45) is -4.74. The summed E-state index contributed by atoms with van der Waals surface area (Å²) in [5, 5.41) is 9.61. The number of imidazole rings is 1. The molecule has 1 N–H and O–H groups in total. The lowest BCUT2D eigenvalue weighted by atomic mass is 10.1. The summed E-state index contributed by atoms with van der Waals surface area (Å²) in [6.45, 7) is 0.375. The minimum atomic E-state index is -4.40. The molecule has 1 aromatic heterocycles. The highest BCUT2D eigenvalue weighted by atomic mass is 19.4. The largest absolute Gasteiger partial charge is 0.418 e. The summed E-state index contributed by atoms with van der Waals surface area (Å²) in [6, 6.07) is 3.91. The molecule has 1 unspecified atom stereocenters. The molecule has 0 spiro atoms. The Bertz CT molecular complexity index is 588. The van der Waals surface area contributed by atoms with E-state index in [0.717, 1.165) is 6.07 Å². The van der Waals surface area contributed by atoms with E-state index in [4.69, 9.17) is 0 Å². The molecule has 0 radical (unpaired) electrons. The maximum Gasteiger partial charge on any atom is 0.418 e. The third-order valence-electron chi connectivity index (χ3n) is 3.03. The average Bonchev–Trinajstić information content (AvgIpc) is 2.77. The van der Waals surface area contributed by atoms with Crippen LogP contribution in [0.3, 0.4) is 0 Å². The van der Waals surface area contributed by atoms with Gasteiger partial charge in [0.15, 0.2) is 0 Å². The highest BCUT2D eigenvalue weighted by molar-refractivity contribution is 5.80. The standard InChI is InChI=1S/C11H9F3N2O/c12-11(13,14)6-2-1-3-7-9(6)16-5-4-8(17)10(16)15-7/h1-3,8,17H,4-5H2. The van der Waals surface area contributed by atoms with Crippen molar-refractivity contribution >= 4 is 11.0 Å². The number of halogens is 3. The van der Waals surface area contributed by atoms with Gasteiger partial charge in [0, 0.05) is 6.54 Å². The van der Waals surface area contributed by atoms with E-state index < -0.39 is 17.8 Å². The lowest BCUT2D eigenvalue weighted by molar-refractivity contribution is -0.136. The zero-order chi connectivity index (χ0) is 12.2. The maximum atomic E-state index is 12.9. The van der Waals surface area contributed by atoms with Crippen LogP contribution in [0.5, 0.6) is 0 Å². The molecular weight excluding hydrogens is 233 g/mol. The average molecular weight is 242 g/mol. The summed E-state index contributed by atoms with van der Waals surface area (Å²) in [4.78, 5) is 4.06. The maximum absolute atomic E-state index is 12.9. The summed E-state index contributed by atoms with van der Waals surface area (Å²) < 4.78 is 40.0. The Labute approximate surface area is 94.5 Å². The fourth-order valence-electron chi connectivity index (χ4n) is 2.29. The number of aliphatic hydroxyl groups is 1. The first kappa shape index (κ1) is 10.6. The smallest absolute Gasteiger partial charge is 0.385 e. The van der Waals surface area contributed by atoms with Gasteiger partial charge in [-0.2, -0.15) is 13.2 Å². The number of rotatable bonds is 0. The molecule has 3 rings (SSSR count). The first-order valence-corrected chi connectivity index (χ1v) is 5.23. The van der Waals surface area contributed by atoms with Crippen LogP contribution in [0.2, 0.25) is 0 Å². The van der Waals surface area contributed by atoms with Crippen LogP contribution in [-0.2, 0) is 12.7 Å². The Morgan fingerprint density at radius 1 is 1.35 bits per heavy atom. The SMILES string of the molecule is OC1CCn2c1nc1cccc(C(F)(F)F)c12. The number of fused-ring (bicyclic) bond motifs is 3. The van der Waals surface area contributed by atoms with Crippen molar-refractivity contribution in [1.82, 2.24) is 9.55 Å². The molecule has 1 aromatic carbocycles. The molecule has 1 atom stereocenters. The Kier molecular flexibility index (Phi) is 2.01. The fraction of sp³-hybridized carbons (Fsp3) is 0.364. The Morgan fingerprint density at radius 3 is 2.82 bits per heavy atom. The number of aryl methyl sites for hydroxylation is 1. The summed E-state index contributed by atoms with van der Waals surface area (Å²) in [7, 11) is 0. The second kappa shape index (κ2) is 3.22. The number of hydrogen-bond donors (Lipinski definition) is 1. The van der Waals surface area contributed by atoms with E-state index in [1.54, 1.807) is 0 Å². The van der Waals surface area contributed by atoms with Crippen molar-refractivity contribution < 1.29 is 18.3 Å². The number of benzene rings is 1. The van der Waals surface area contributed by atoms with Gasteiger partial charge in [0.25, 0.3) is 0 Å². The molecule has 17 heavy (non-hydrogen) atoms. The zero-order valence-corrected chi connectivity index (χ0v) is 8.70. The topological polar surface area (TPSA) is 38.0 Å². The van der Waals surface area contributed by atoms with Gasteiger partial charge in [-0.3, -0.25) is 0 Å². The van der Waals surface area contributed by atoms with E-state index in [2.05, 4.69) is 4.98 Å². The molecule has 0 aliphatic carbocycles. The molecule has 90 valence electrons. The third kappa shape index (κ3) is 1.44. The van der Waals surface area contributed by atoms with Crippen LogP contribution in [0.15, 0.2) is 18.2 Å². The van der Waals surface area contributed by atoms with E-state index in [-0.39, 0.29) is 11.0 Å². The van der Waals surface area contributed by atoms with Gasteiger partial charge in [0.2, 0.25) is 0 Å². The second-order valence-electron chi connectivity index (χ2n) is 4.10. The zero-order valence-electron chi connectivity index (χ0n) is 8.70. The first-order valence-electron chi connectivity index (χ1n) is 5.23. The highest BCUT2D eigenvalue weighted by Crippen LogP contribution is 2.38. The van der Waals surface area contributed by atoms with Crippen molar-refractivity contribution in [3.8, 4) is 0 Å². The number of nitrogens with zero attached hydrogens (tertiary/aromatic N) is 2. The molecule has 0 saturated carbocycles. The van der Waals surface area contributed by atoms with Gasteiger partial charge in [0.1, 0.15) is 11.9 Å². The molecule has 0 amide bonds. The van der Waals surface area contributed by atoms with Crippen LogP contribution in [0.4, 0.5) is 13.2 Å². The van der Waals surface area contributed by atoms with Crippen LogP contribution in [0.1, 0.15) is 23.9 Å². The molecule has 0 saturated heterocycles. The van der Waals surface area contributed by atoms with Gasteiger partial charge in [-0.05, 0) is 18.6 Å². The van der Waals surface area contributed by atoms with Crippen molar-refractivity contribution in [3.63, 3.8) is 0 Å². The van der Waals surface area contributed by atoms with Gasteiger partial charge >= 0.3 is 6.18 Å². The van der Waals surface area contributed by atoms with Crippen LogP contribution >= 0.6 is 0 Å². The number of aromatic nitrogens is 2. The Hall–Kier alpha value is -1.56. The van der Waals surface area contributed by atoms with Crippen molar-refractivity contribution in [3.05, 3.63) is 29.6 Å². The summed E-state index contributed by atoms with van der Waals surface area (Å²) in [5.74, 6) is 0.330. The molecule has 0 bridgehead atoms. The second-order valence-corrected chi connectivity index (χ2v) is 4.10. The minimum absolute atomic E-state index is 0.0755. The van der Waals surface area contributed by atoms with Crippen LogP contribution < -0.4 is 0 Å². The molecule has 1 aliphatic rings. The predicted octanol–water partition coefficient (Wildman–Crippen LogP) is 2.49. The van der Waals surface area contributed by atoms with Gasteiger partial charge < -0.3 is 9.67 Å². The van der Waals surface area contributed by atoms with Gasteiger partial charge in [0.05, 0.1) is 16.6 Å². The van der Waals surface area contributed by atoms with E-state index in [0.29, 0.717) is 18.8 Å². The highest BCUT2D eigenvalue weighted by Gasteiger charge is 2.36. The molecule has 1 aliphatic heterocycles. The van der Waals surface area contributed by atoms with E-state index in [9.17, 15) is 18.3 Å². The number of alkyl halides is 3. The molecule has 3 nitrogen and oxygen atoms in total. The minimum Gasteiger partial charge on any atom is -0.385 e. The van der Waals surface area contributed by atoms with Crippen molar-refractivity contribution in [2.45, 2.75) is 25.2 Å². The van der Waals surface area contributed by atoms with Crippen molar-refractivity contribution in [1.29, 1.82) is 0 Å². The first-order chi connectivity index (χ1) is 7.98. The molecular formula is C11H9F3N2O. The van der Waals surface area contributed by atoms with Gasteiger partial charge in [-0.1, -0.05) is 6.07 Å². The molecule has 6 heteroatoms. The van der Waals surface area contributed by atoms with Crippen molar-refractivity contribution in [2.75, 3.05) is 0 Å². The Balaban J connectivity index is 2.36. The van der Waals surface area contributed by atoms with Crippen molar-refractivity contribution in [2.24, 2.45) is 0 Å². The van der Waals surface area contributed by atoms with Crippen LogP contribution in [0, 0.1) is 0 Å². The van der Waals surface area contributed by atoms with E-state index in [1.165, 1.54) is 16.7 Å². The van der Waals surface area contributed by atoms with E-state index >= 15 is 0 Å². The van der Waals surface area contributed by atoms with Gasteiger partial charge in [-0.25, -0.2) is 4.98 Å². The molecule has 0 fully saturated rings. The quantitative estimate of drug-likeness (QED) is 0.770. The van der Waals surface area contributed by atoms with Gasteiger partial charge in [-0.15, -0.1) is 0 Å². The monoisotopic (exact) mass is 242 g/mol. The third-order valence-corrected chi connectivity index (χ3v) is 3.03. The molecule has 2 heterocycles. The number of hydrogen-bond acceptors (Lipinski definition) is 2. The van der Waals surface area contributed by atoms with Crippen LogP contribution in [-0.4, -0.2) is 14.7 Å². The van der Waals surface area contributed by atoms with E-state index in [1.807, 2.05) is 0 Å². The predicted molar refractivity (Wildman–Crippen MR) is 54.3 cm³/mol. The fourth-order valence-corrected chi connectivity index (χ4v) is 2.29. The number of para-hydroxylation sites is 1. The normalized spacial score (nSPS) is 19.9. The summed E-state index contributed by atoms with van der Waals surface area (Å²) in [5.41, 5.74) is -0.331. The summed E-state index contributed by atoms with van der Waals surface area (Å²) >= 11 is 0. The number of aliphatic hydroxyl groups excluding tert-OH is 1. The van der Waals surface area contributed by atoms with Crippen LogP contribution in [0.25, 0.3) is 11.0 Å². The lowest BCUT2D eigenvalue weighted by Gasteiger charge is -2.09. The lowest BCUT2D eigenvalue weighted by Crippen LogP contribution is -2.08. The molecule has 2 aromatic rings.